The molecule has 2 nitrogen and oxygen atoms in total. The maximum Gasteiger partial charge on any atom is 0.142 e. The highest BCUT2D eigenvalue weighted by Gasteiger charge is 2.05. The Morgan fingerprint density at radius 3 is 2.81 bits per heavy atom. The maximum atomic E-state index is 13.2. The molecule has 1 rings (SSSR count). The average molecular weight is 241 g/mol. The summed E-state index contributed by atoms with van der Waals surface area (Å²) >= 11 is 5.60. The Morgan fingerprint density at radius 2 is 2.25 bits per heavy atom. The largest absolute Gasteiger partial charge is 0.298 e. The third kappa shape index (κ3) is 3.80. The molecule has 0 fully saturated rings. The summed E-state index contributed by atoms with van der Waals surface area (Å²) in [6.45, 7) is 4.21. The molecule has 0 aliphatic heterocycles. The van der Waals surface area contributed by atoms with Crippen molar-refractivity contribution in [2.45, 2.75) is 19.9 Å². The first-order valence-corrected chi connectivity index (χ1v) is 5.58. The molecule has 0 aliphatic rings. The van der Waals surface area contributed by atoms with Gasteiger partial charge in [0.25, 0.3) is 0 Å². The van der Waals surface area contributed by atoms with E-state index in [0.29, 0.717) is 19.5 Å². The van der Waals surface area contributed by atoms with Crippen LogP contribution in [0.3, 0.4) is 0 Å². The summed E-state index contributed by atoms with van der Waals surface area (Å²) in [5.41, 5.74) is 0.877. The molecule has 16 heavy (non-hydrogen) atoms. The van der Waals surface area contributed by atoms with Crippen LogP contribution in [0.2, 0.25) is 5.02 Å². The summed E-state index contributed by atoms with van der Waals surface area (Å²) in [6.07, 6.45) is 0.490. The van der Waals surface area contributed by atoms with Gasteiger partial charge < -0.3 is 0 Å². The summed E-state index contributed by atoms with van der Waals surface area (Å²) in [4.78, 5) is 2.09. The van der Waals surface area contributed by atoms with E-state index in [1.54, 1.807) is 12.1 Å². The molecule has 0 spiro atoms. The lowest BCUT2D eigenvalue weighted by Gasteiger charge is -2.18. The Labute approximate surface area is 100 Å². The summed E-state index contributed by atoms with van der Waals surface area (Å²) in [5, 5.41) is 8.65. The van der Waals surface area contributed by atoms with E-state index in [1.165, 1.54) is 6.07 Å². The molecule has 0 heterocycles. The monoisotopic (exact) mass is 240 g/mol. The van der Waals surface area contributed by atoms with Crippen molar-refractivity contribution in [2.75, 3.05) is 13.1 Å². The molecule has 0 aliphatic carbocycles. The van der Waals surface area contributed by atoms with Gasteiger partial charge in [-0.3, -0.25) is 4.90 Å². The van der Waals surface area contributed by atoms with Gasteiger partial charge in [-0.05, 0) is 24.2 Å². The molecular weight excluding hydrogens is 227 g/mol. The van der Waals surface area contributed by atoms with Crippen molar-refractivity contribution in [2.24, 2.45) is 0 Å². The average Bonchev–Trinajstić information content (AvgIpc) is 2.29. The number of halogens is 2. The zero-order chi connectivity index (χ0) is 12.0. The fourth-order valence-corrected chi connectivity index (χ4v) is 1.57. The van der Waals surface area contributed by atoms with E-state index in [0.717, 1.165) is 12.1 Å². The second kappa shape index (κ2) is 6.47. The van der Waals surface area contributed by atoms with E-state index in [4.69, 9.17) is 16.9 Å². The smallest absolute Gasteiger partial charge is 0.142 e. The van der Waals surface area contributed by atoms with Crippen LogP contribution in [0.4, 0.5) is 4.39 Å². The van der Waals surface area contributed by atoms with Crippen molar-refractivity contribution in [3.05, 3.63) is 34.6 Å². The molecule has 0 amide bonds. The number of hydrogen-bond donors (Lipinski definition) is 0. The number of hydrogen-bond acceptors (Lipinski definition) is 2. The van der Waals surface area contributed by atoms with Gasteiger partial charge in [0.15, 0.2) is 0 Å². The van der Waals surface area contributed by atoms with Crippen molar-refractivity contribution in [3.63, 3.8) is 0 Å². The highest BCUT2D eigenvalue weighted by atomic mass is 35.5. The molecule has 1 aromatic carbocycles. The van der Waals surface area contributed by atoms with Gasteiger partial charge in [0.2, 0.25) is 0 Å². The Balaban J connectivity index is 2.63. The van der Waals surface area contributed by atoms with Crippen LogP contribution in [-0.4, -0.2) is 18.0 Å². The first kappa shape index (κ1) is 13.0. The van der Waals surface area contributed by atoms with E-state index in [2.05, 4.69) is 11.0 Å². The van der Waals surface area contributed by atoms with E-state index < -0.39 is 5.82 Å². The van der Waals surface area contributed by atoms with Gasteiger partial charge >= 0.3 is 0 Å². The van der Waals surface area contributed by atoms with Gasteiger partial charge in [-0.25, -0.2) is 4.39 Å². The number of rotatable bonds is 5. The second-order valence-corrected chi connectivity index (χ2v) is 3.93. The summed E-state index contributed by atoms with van der Waals surface area (Å²) in [5.74, 6) is -0.393. The van der Waals surface area contributed by atoms with Crippen LogP contribution < -0.4 is 0 Å². The topological polar surface area (TPSA) is 27.0 Å². The van der Waals surface area contributed by atoms with Crippen molar-refractivity contribution in [3.8, 4) is 6.07 Å². The highest BCUT2D eigenvalue weighted by Crippen LogP contribution is 2.16. The molecule has 0 radical (unpaired) electrons. The Kier molecular flexibility index (Phi) is 5.24. The molecule has 0 aromatic heterocycles. The minimum atomic E-state index is -0.393. The predicted octanol–water partition coefficient (Wildman–Crippen LogP) is 3.21. The van der Waals surface area contributed by atoms with Gasteiger partial charge in [-0.1, -0.05) is 24.6 Å². The standard InChI is InChI=1S/C12H14ClFN2/c1-2-16(7-3-6-15)9-10-4-5-11(13)12(14)8-10/h4-5,8H,2-3,7,9H2,1H3. The van der Waals surface area contributed by atoms with Crippen molar-refractivity contribution < 1.29 is 4.39 Å². The first-order valence-electron chi connectivity index (χ1n) is 5.20. The summed E-state index contributed by atoms with van der Waals surface area (Å²) < 4.78 is 13.2. The van der Waals surface area contributed by atoms with E-state index in [9.17, 15) is 4.39 Å². The van der Waals surface area contributed by atoms with E-state index in [-0.39, 0.29) is 5.02 Å². The van der Waals surface area contributed by atoms with E-state index in [1.807, 2.05) is 6.92 Å². The SMILES string of the molecule is CCN(CCC#N)Cc1ccc(Cl)c(F)c1. The molecule has 1 aromatic rings. The van der Waals surface area contributed by atoms with E-state index >= 15 is 0 Å². The lowest BCUT2D eigenvalue weighted by molar-refractivity contribution is 0.286. The van der Waals surface area contributed by atoms with Crippen LogP contribution in [0.5, 0.6) is 0 Å². The van der Waals surface area contributed by atoms with Gasteiger partial charge in [-0.2, -0.15) is 5.26 Å². The van der Waals surface area contributed by atoms with Crippen molar-refractivity contribution in [1.29, 1.82) is 5.26 Å². The third-order valence-electron chi connectivity index (χ3n) is 2.38. The van der Waals surface area contributed by atoms with Crippen LogP contribution in [-0.2, 0) is 6.54 Å². The Hall–Kier alpha value is -1.11. The first-order chi connectivity index (χ1) is 7.67. The fraction of sp³-hybridized carbons (Fsp3) is 0.417. The van der Waals surface area contributed by atoms with Crippen LogP contribution in [0.25, 0.3) is 0 Å². The maximum absolute atomic E-state index is 13.2. The molecule has 4 heteroatoms. The Bertz CT molecular complexity index is 387. The highest BCUT2D eigenvalue weighted by molar-refractivity contribution is 6.30. The van der Waals surface area contributed by atoms with Gasteiger partial charge in [0.1, 0.15) is 5.82 Å². The zero-order valence-corrected chi connectivity index (χ0v) is 9.97. The van der Waals surface area contributed by atoms with Crippen molar-refractivity contribution >= 4 is 11.6 Å². The summed E-state index contributed by atoms with van der Waals surface area (Å²) in [7, 11) is 0. The minimum absolute atomic E-state index is 0.142. The number of benzene rings is 1. The lowest BCUT2D eigenvalue weighted by Crippen LogP contribution is -2.23. The molecule has 0 unspecified atom stereocenters. The second-order valence-electron chi connectivity index (χ2n) is 3.53. The fourth-order valence-electron chi connectivity index (χ4n) is 1.45. The predicted molar refractivity (Wildman–Crippen MR) is 62.6 cm³/mol. The van der Waals surface area contributed by atoms with Gasteiger partial charge in [0.05, 0.1) is 11.1 Å². The lowest BCUT2D eigenvalue weighted by atomic mass is 10.2. The summed E-state index contributed by atoms with van der Waals surface area (Å²) in [6, 6.07) is 6.91. The molecule has 0 N–H and O–H groups in total. The normalized spacial score (nSPS) is 10.4. The third-order valence-corrected chi connectivity index (χ3v) is 2.68. The van der Waals surface area contributed by atoms with Gasteiger partial charge in [-0.15, -0.1) is 0 Å². The minimum Gasteiger partial charge on any atom is -0.298 e. The molecule has 0 saturated heterocycles. The van der Waals surface area contributed by atoms with Crippen LogP contribution in [0.15, 0.2) is 18.2 Å². The number of nitriles is 1. The van der Waals surface area contributed by atoms with Crippen LogP contribution >= 0.6 is 11.6 Å². The molecule has 0 saturated carbocycles. The quantitative estimate of drug-likeness (QED) is 0.790. The molecular formula is C12H14ClFN2. The molecule has 0 bridgehead atoms. The number of nitrogens with zero attached hydrogens (tertiary/aromatic N) is 2. The van der Waals surface area contributed by atoms with Crippen LogP contribution in [0.1, 0.15) is 18.9 Å². The molecule has 0 atom stereocenters. The van der Waals surface area contributed by atoms with Crippen molar-refractivity contribution in [1.82, 2.24) is 4.90 Å². The van der Waals surface area contributed by atoms with Crippen LogP contribution in [0, 0.1) is 17.1 Å². The molecule has 86 valence electrons. The Morgan fingerprint density at radius 1 is 1.50 bits per heavy atom. The zero-order valence-electron chi connectivity index (χ0n) is 9.21. The van der Waals surface area contributed by atoms with Gasteiger partial charge in [0, 0.05) is 19.5 Å².